The van der Waals surface area contributed by atoms with E-state index in [-0.39, 0.29) is 11.0 Å². The van der Waals surface area contributed by atoms with Crippen molar-refractivity contribution in [3.63, 3.8) is 0 Å². The summed E-state index contributed by atoms with van der Waals surface area (Å²) in [7, 11) is 1.64. The number of rotatable bonds is 7. The van der Waals surface area contributed by atoms with Crippen LogP contribution in [-0.4, -0.2) is 39.5 Å². The molecule has 0 aliphatic carbocycles. The van der Waals surface area contributed by atoms with E-state index in [1.807, 2.05) is 11.5 Å². The Balaban J connectivity index is 2.06. The SMILES string of the molecule is COCCn1cnnc1S[C@H](C)C(=O)c1cccc(Cl)c1. The van der Waals surface area contributed by atoms with Crippen molar-refractivity contribution in [2.45, 2.75) is 23.9 Å². The van der Waals surface area contributed by atoms with Crippen molar-refractivity contribution in [2.24, 2.45) is 0 Å². The predicted octanol–water partition coefficient (Wildman–Crippen LogP) is 2.94. The second-order valence-electron chi connectivity index (χ2n) is 4.43. The number of nitrogens with zero attached hydrogens (tertiary/aromatic N) is 3. The van der Waals surface area contributed by atoms with Crippen molar-refractivity contribution < 1.29 is 9.53 Å². The highest BCUT2D eigenvalue weighted by Crippen LogP contribution is 2.24. The standard InChI is InChI=1S/C14H16ClN3O2S/c1-10(13(19)11-4-3-5-12(15)8-11)21-14-17-16-9-18(14)6-7-20-2/h3-5,8-10H,6-7H2,1-2H3/t10-/m1/s1. The lowest BCUT2D eigenvalue weighted by atomic mass is 10.1. The van der Waals surface area contributed by atoms with Crippen LogP contribution >= 0.6 is 23.4 Å². The number of carbonyl (C=O) groups is 1. The Hall–Kier alpha value is -1.37. The molecule has 5 nitrogen and oxygen atoms in total. The third kappa shape index (κ3) is 4.30. The first-order chi connectivity index (χ1) is 10.1. The Morgan fingerprint density at radius 2 is 2.33 bits per heavy atom. The molecule has 0 bridgehead atoms. The van der Waals surface area contributed by atoms with Crippen molar-refractivity contribution in [2.75, 3.05) is 13.7 Å². The second-order valence-corrected chi connectivity index (χ2v) is 6.18. The number of hydrogen-bond donors (Lipinski definition) is 0. The molecule has 0 N–H and O–H groups in total. The molecule has 1 atom stereocenters. The van der Waals surface area contributed by atoms with Gasteiger partial charge in [0.1, 0.15) is 6.33 Å². The zero-order chi connectivity index (χ0) is 15.2. The summed E-state index contributed by atoms with van der Waals surface area (Å²) in [4.78, 5) is 12.4. The van der Waals surface area contributed by atoms with Gasteiger partial charge in [0.25, 0.3) is 0 Å². The Morgan fingerprint density at radius 1 is 1.52 bits per heavy atom. The van der Waals surface area contributed by atoms with E-state index in [9.17, 15) is 4.79 Å². The normalized spacial score (nSPS) is 12.3. The molecule has 0 aliphatic rings. The first-order valence-electron chi connectivity index (χ1n) is 6.45. The molecule has 21 heavy (non-hydrogen) atoms. The van der Waals surface area contributed by atoms with Crippen LogP contribution in [0.2, 0.25) is 5.02 Å². The quantitative estimate of drug-likeness (QED) is 0.578. The summed E-state index contributed by atoms with van der Waals surface area (Å²) in [5.74, 6) is 0.0174. The maximum atomic E-state index is 12.4. The number of benzene rings is 1. The van der Waals surface area contributed by atoms with Gasteiger partial charge in [-0.1, -0.05) is 35.5 Å². The van der Waals surface area contributed by atoms with E-state index in [0.717, 1.165) is 0 Å². The molecule has 2 aromatic rings. The Labute approximate surface area is 132 Å². The summed E-state index contributed by atoms with van der Waals surface area (Å²) in [5.41, 5.74) is 0.602. The summed E-state index contributed by atoms with van der Waals surface area (Å²) < 4.78 is 6.91. The van der Waals surface area contributed by atoms with E-state index in [4.69, 9.17) is 16.3 Å². The Bertz CT molecular complexity index is 618. The van der Waals surface area contributed by atoms with Crippen LogP contribution in [-0.2, 0) is 11.3 Å². The van der Waals surface area contributed by atoms with Gasteiger partial charge in [0.2, 0.25) is 0 Å². The summed E-state index contributed by atoms with van der Waals surface area (Å²) in [5, 5.41) is 8.91. The van der Waals surface area contributed by atoms with Crippen LogP contribution in [0.1, 0.15) is 17.3 Å². The molecule has 112 valence electrons. The molecule has 1 heterocycles. The van der Waals surface area contributed by atoms with Crippen LogP contribution in [0.4, 0.5) is 0 Å². The van der Waals surface area contributed by atoms with Crippen LogP contribution in [0.5, 0.6) is 0 Å². The molecule has 7 heteroatoms. The first kappa shape index (κ1) is 16.0. The van der Waals surface area contributed by atoms with Crippen molar-refractivity contribution in [1.29, 1.82) is 0 Å². The highest BCUT2D eigenvalue weighted by molar-refractivity contribution is 8.00. The monoisotopic (exact) mass is 325 g/mol. The number of halogens is 1. The molecular formula is C14H16ClN3O2S. The summed E-state index contributed by atoms with van der Waals surface area (Å²) >= 11 is 7.30. The lowest BCUT2D eigenvalue weighted by molar-refractivity contribution is 0.0994. The maximum Gasteiger partial charge on any atom is 0.191 e. The molecular weight excluding hydrogens is 310 g/mol. The maximum absolute atomic E-state index is 12.4. The van der Waals surface area contributed by atoms with Crippen LogP contribution < -0.4 is 0 Å². The van der Waals surface area contributed by atoms with Gasteiger partial charge in [0.05, 0.1) is 11.9 Å². The van der Waals surface area contributed by atoms with E-state index in [1.165, 1.54) is 11.8 Å². The van der Waals surface area contributed by atoms with Crippen molar-refractivity contribution >= 4 is 29.1 Å². The average Bonchev–Trinajstić information content (AvgIpc) is 2.91. The topological polar surface area (TPSA) is 57.0 Å². The zero-order valence-corrected chi connectivity index (χ0v) is 13.4. The van der Waals surface area contributed by atoms with Crippen LogP contribution in [0.15, 0.2) is 35.7 Å². The van der Waals surface area contributed by atoms with E-state index in [0.29, 0.717) is 28.9 Å². The number of carbonyl (C=O) groups excluding carboxylic acids is 1. The van der Waals surface area contributed by atoms with Crippen molar-refractivity contribution in [3.05, 3.63) is 41.2 Å². The fraction of sp³-hybridized carbons (Fsp3) is 0.357. The smallest absolute Gasteiger partial charge is 0.191 e. The Kier molecular flexibility index (Phi) is 5.78. The highest BCUT2D eigenvalue weighted by Gasteiger charge is 2.19. The van der Waals surface area contributed by atoms with Gasteiger partial charge in [0.15, 0.2) is 10.9 Å². The van der Waals surface area contributed by atoms with Gasteiger partial charge in [-0.05, 0) is 19.1 Å². The van der Waals surface area contributed by atoms with Gasteiger partial charge >= 0.3 is 0 Å². The summed E-state index contributed by atoms with van der Waals surface area (Å²) in [6.45, 7) is 3.08. The lowest BCUT2D eigenvalue weighted by Gasteiger charge is -2.11. The van der Waals surface area contributed by atoms with Gasteiger partial charge in [0, 0.05) is 24.2 Å². The minimum absolute atomic E-state index is 0.0174. The molecule has 0 unspecified atom stereocenters. The number of thioether (sulfide) groups is 1. The molecule has 2 rings (SSSR count). The third-order valence-electron chi connectivity index (χ3n) is 2.88. The number of ketones is 1. The van der Waals surface area contributed by atoms with Gasteiger partial charge in [-0.2, -0.15) is 0 Å². The van der Waals surface area contributed by atoms with Gasteiger partial charge in [-0.25, -0.2) is 0 Å². The number of aromatic nitrogens is 3. The van der Waals surface area contributed by atoms with Crippen molar-refractivity contribution in [3.8, 4) is 0 Å². The molecule has 0 spiro atoms. The lowest BCUT2D eigenvalue weighted by Crippen LogP contribution is -2.15. The largest absolute Gasteiger partial charge is 0.383 e. The van der Waals surface area contributed by atoms with Crippen molar-refractivity contribution in [1.82, 2.24) is 14.8 Å². The van der Waals surface area contributed by atoms with Gasteiger partial charge < -0.3 is 9.30 Å². The molecule has 0 amide bonds. The number of hydrogen-bond acceptors (Lipinski definition) is 5. The van der Waals surface area contributed by atoms with Gasteiger partial charge in [-0.3, -0.25) is 4.79 Å². The predicted molar refractivity (Wildman–Crippen MR) is 83.0 cm³/mol. The summed E-state index contributed by atoms with van der Waals surface area (Å²) in [6.07, 6.45) is 1.64. The molecule has 0 fully saturated rings. The second kappa shape index (κ2) is 7.59. The van der Waals surface area contributed by atoms with E-state index < -0.39 is 0 Å². The molecule has 0 radical (unpaired) electrons. The number of Topliss-reactive ketones (excluding diaryl/α,β-unsaturated/α-hetero) is 1. The molecule has 0 aliphatic heterocycles. The minimum Gasteiger partial charge on any atom is -0.383 e. The zero-order valence-electron chi connectivity index (χ0n) is 11.8. The number of methoxy groups -OCH3 is 1. The molecule has 1 aromatic heterocycles. The fourth-order valence-electron chi connectivity index (χ4n) is 1.77. The molecule has 0 saturated heterocycles. The Morgan fingerprint density at radius 3 is 3.05 bits per heavy atom. The van der Waals surface area contributed by atoms with Crippen LogP contribution in [0.25, 0.3) is 0 Å². The van der Waals surface area contributed by atoms with E-state index >= 15 is 0 Å². The molecule has 1 aromatic carbocycles. The van der Waals surface area contributed by atoms with E-state index in [1.54, 1.807) is 37.7 Å². The third-order valence-corrected chi connectivity index (χ3v) is 4.21. The van der Waals surface area contributed by atoms with Crippen LogP contribution in [0.3, 0.4) is 0 Å². The highest BCUT2D eigenvalue weighted by atomic mass is 35.5. The molecule has 0 saturated carbocycles. The number of ether oxygens (including phenoxy) is 1. The van der Waals surface area contributed by atoms with Crippen LogP contribution in [0, 0.1) is 0 Å². The fourth-order valence-corrected chi connectivity index (χ4v) is 2.88. The van der Waals surface area contributed by atoms with E-state index in [2.05, 4.69) is 10.2 Å². The summed E-state index contributed by atoms with van der Waals surface area (Å²) in [6, 6.07) is 6.96. The minimum atomic E-state index is -0.269. The van der Waals surface area contributed by atoms with Gasteiger partial charge in [-0.15, -0.1) is 10.2 Å². The first-order valence-corrected chi connectivity index (χ1v) is 7.70. The average molecular weight is 326 g/mol.